The van der Waals surface area contributed by atoms with E-state index in [4.69, 9.17) is 4.74 Å². The Balaban J connectivity index is 2.22. The molecule has 1 aromatic carbocycles. The first-order valence-electron chi connectivity index (χ1n) is 5.02. The van der Waals surface area contributed by atoms with Crippen molar-refractivity contribution < 1.29 is 4.74 Å². The summed E-state index contributed by atoms with van der Waals surface area (Å²) in [6.07, 6.45) is 2.45. The number of ether oxygens (including phenoxy) is 1. The van der Waals surface area contributed by atoms with Crippen molar-refractivity contribution in [1.82, 2.24) is 4.90 Å². The van der Waals surface area contributed by atoms with Crippen molar-refractivity contribution in [2.75, 3.05) is 13.7 Å². The lowest BCUT2D eigenvalue weighted by Crippen LogP contribution is -2.14. The quantitative estimate of drug-likeness (QED) is 0.665. The molecule has 1 atom stereocenters. The van der Waals surface area contributed by atoms with Crippen LogP contribution < -0.4 is 4.74 Å². The Morgan fingerprint density at radius 1 is 1.50 bits per heavy atom. The van der Waals surface area contributed by atoms with Gasteiger partial charge in [-0.15, -0.1) is 0 Å². The van der Waals surface area contributed by atoms with Gasteiger partial charge in [-0.25, -0.2) is 0 Å². The first-order valence-corrected chi connectivity index (χ1v) is 5.02. The van der Waals surface area contributed by atoms with Crippen molar-refractivity contribution in [3.8, 4) is 5.75 Å². The molecule has 1 saturated heterocycles. The molecule has 2 nitrogen and oxygen atoms in total. The highest BCUT2D eigenvalue weighted by atomic mass is 16.5. The summed E-state index contributed by atoms with van der Waals surface area (Å²) in [5.74, 6) is 0.933. The van der Waals surface area contributed by atoms with Gasteiger partial charge < -0.3 is 9.64 Å². The van der Waals surface area contributed by atoms with Crippen LogP contribution in [0.15, 0.2) is 24.3 Å². The largest absolute Gasteiger partial charge is 0.497 e. The Bertz CT molecular complexity index is 311. The highest BCUT2D eigenvalue weighted by Gasteiger charge is 2.18. The lowest BCUT2D eigenvalue weighted by molar-refractivity contribution is 0.350. The van der Waals surface area contributed by atoms with Crippen LogP contribution in [-0.4, -0.2) is 18.6 Å². The Hall–Kier alpha value is -1.02. The zero-order valence-corrected chi connectivity index (χ0v) is 8.57. The summed E-state index contributed by atoms with van der Waals surface area (Å²) in [5, 5.41) is 0. The monoisotopic (exact) mass is 190 g/mol. The maximum Gasteiger partial charge on any atom is 0.119 e. The molecule has 14 heavy (non-hydrogen) atoms. The minimum absolute atomic E-state index is 0.477. The van der Waals surface area contributed by atoms with Gasteiger partial charge in [-0.05, 0) is 37.1 Å². The SMILES string of the molecule is [CH2-]N1CCCC1c1cccc(OC)c1. The van der Waals surface area contributed by atoms with Crippen molar-refractivity contribution in [3.63, 3.8) is 0 Å². The molecule has 1 heterocycles. The van der Waals surface area contributed by atoms with Crippen LogP contribution >= 0.6 is 0 Å². The molecular formula is C12H16NO-. The fourth-order valence-corrected chi connectivity index (χ4v) is 2.05. The lowest BCUT2D eigenvalue weighted by Gasteiger charge is -2.27. The van der Waals surface area contributed by atoms with Crippen molar-refractivity contribution in [3.05, 3.63) is 36.9 Å². The molecule has 0 bridgehead atoms. The van der Waals surface area contributed by atoms with E-state index in [-0.39, 0.29) is 0 Å². The van der Waals surface area contributed by atoms with E-state index >= 15 is 0 Å². The minimum Gasteiger partial charge on any atom is -0.497 e. The summed E-state index contributed by atoms with van der Waals surface area (Å²) in [6, 6.07) is 8.75. The molecule has 1 aliphatic heterocycles. The Morgan fingerprint density at radius 3 is 3.00 bits per heavy atom. The van der Waals surface area contributed by atoms with Crippen LogP contribution in [0.1, 0.15) is 24.4 Å². The van der Waals surface area contributed by atoms with Crippen LogP contribution in [-0.2, 0) is 0 Å². The van der Waals surface area contributed by atoms with E-state index in [1.807, 2.05) is 12.1 Å². The van der Waals surface area contributed by atoms with Crippen LogP contribution in [0.3, 0.4) is 0 Å². The zero-order chi connectivity index (χ0) is 9.97. The molecule has 1 fully saturated rings. The first kappa shape index (κ1) is 9.53. The molecule has 0 radical (unpaired) electrons. The molecular weight excluding hydrogens is 174 g/mol. The topological polar surface area (TPSA) is 12.5 Å². The predicted molar refractivity (Wildman–Crippen MR) is 57.0 cm³/mol. The minimum atomic E-state index is 0.477. The average Bonchev–Trinajstić information content (AvgIpc) is 2.65. The van der Waals surface area contributed by atoms with E-state index in [9.17, 15) is 0 Å². The summed E-state index contributed by atoms with van der Waals surface area (Å²) < 4.78 is 5.21. The summed E-state index contributed by atoms with van der Waals surface area (Å²) in [4.78, 5) is 2.16. The number of likely N-dealkylation sites (tertiary alicyclic amines) is 1. The van der Waals surface area contributed by atoms with Gasteiger partial charge in [0.2, 0.25) is 0 Å². The van der Waals surface area contributed by atoms with Crippen molar-refractivity contribution in [1.29, 1.82) is 0 Å². The van der Waals surface area contributed by atoms with Gasteiger partial charge in [-0.2, -0.15) is 0 Å². The van der Waals surface area contributed by atoms with E-state index in [0.717, 1.165) is 12.3 Å². The maximum absolute atomic E-state index is 5.21. The second-order valence-corrected chi connectivity index (χ2v) is 3.75. The highest BCUT2D eigenvalue weighted by Crippen LogP contribution is 2.32. The van der Waals surface area contributed by atoms with Gasteiger partial charge in [-0.1, -0.05) is 12.1 Å². The van der Waals surface area contributed by atoms with E-state index in [1.54, 1.807) is 7.11 Å². The highest BCUT2D eigenvalue weighted by molar-refractivity contribution is 5.31. The molecule has 0 amide bonds. The average molecular weight is 190 g/mol. The standard InChI is InChI=1S/C12H16NO/c1-13-8-4-7-12(13)10-5-3-6-11(9-10)14-2/h3,5-6,9,12H,1,4,7-8H2,2H3/q-1. The molecule has 76 valence electrons. The van der Waals surface area contributed by atoms with Gasteiger partial charge in [0.25, 0.3) is 0 Å². The molecule has 0 aliphatic carbocycles. The molecule has 0 N–H and O–H groups in total. The molecule has 1 unspecified atom stereocenters. The van der Waals surface area contributed by atoms with E-state index in [2.05, 4.69) is 24.1 Å². The molecule has 0 spiro atoms. The number of rotatable bonds is 2. The second kappa shape index (κ2) is 4.01. The summed E-state index contributed by atoms with van der Waals surface area (Å²) >= 11 is 0. The second-order valence-electron chi connectivity index (χ2n) is 3.75. The summed E-state index contributed by atoms with van der Waals surface area (Å²) in [7, 11) is 5.75. The smallest absolute Gasteiger partial charge is 0.119 e. The maximum atomic E-state index is 5.21. The lowest BCUT2D eigenvalue weighted by atomic mass is 10.0. The van der Waals surface area contributed by atoms with Crippen LogP contribution in [0.5, 0.6) is 5.75 Å². The normalized spacial score (nSPS) is 22.6. The number of hydrogen-bond donors (Lipinski definition) is 0. The van der Waals surface area contributed by atoms with Crippen LogP contribution in [0, 0.1) is 7.05 Å². The third-order valence-corrected chi connectivity index (χ3v) is 2.84. The van der Waals surface area contributed by atoms with Gasteiger partial charge >= 0.3 is 0 Å². The number of benzene rings is 1. The van der Waals surface area contributed by atoms with Gasteiger partial charge in [0.05, 0.1) is 7.11 Å². The number of methoxy groups -OCH3 is 1. The van der Waals surface area contributed by atoms with Gasteiger partial charge in [-0.3, -0.25) is 7.05 Å². The summed E-state index contributed by atoms with van der Waals surface area (Å²) in [5.41, 5.74) is 1.32. The Labute approximate surface area is 85.5 Å². The predicted octanol–water partition coefficient (Wildman–Crippen LogP) is 2.62. The molecule has 0 saturated carbocycles. The van der Waals surface area contributed by atoms with Crippen molar-refractivity contribution in [2.45, 2.75) is 18.9 Å². The molecule has 1 aromatic rings. The van der Waals surface area contributed by atoms with Gasteiger partial charge in [0.15, 0.2) is 0 Å². The van der Waals surface area contributed by atoms with Gasteiger partial charge in [0, 0.05) is 6.04 Å². The van der Waals surface area contributed by atoms with Crippen LogP contribution in [0.4, 0.5) is 0 Å². The van der Waals surface area contributed by atoms with E-state index in [1.165, 1.54) is 18.4 Å². The van der Waals surface area contributed by atoms with E-state index in [0.29, 0.717) is 6.04 Å². The molecule has 1 aliphatic rings. The van der Waals surface area contributed by atoms with Gasteiger partial charge in [0.1, 0.15) is 5.75 Å². The number of hydrogen-bond acceptors (Lipinski definition) is 2. The fraction of sp³-hybridized carbons (Fsp3) is 0.417. The third kappa shape index (κ3) is 1.75. The summed E-state index contributed by atoms with van der Waals surface area (Å²) in [6.45, 7) is 1.10. The first-order chi connectivity index (χ1) is 6.81. The number of nitrogens with zero attached hydrogens (tertiary/aromatic N) is 1. The molecule has 2 heteroatoms. The van der Waals surface area contributed by atoms with Crippen LogP contribution in [0.25, 0.3) is 0 Å². The Morgan fingerprint density at radius 2 is 2.36 bits per heavy atom. The van der Waals surface area contributed by atoms with Crippen molar-refractivity contribution >= 4 is 0 Å². The van der Waals surface area contributed by atoms with E-state index < -0.39 is 0 Å². The Kier molecular flexibility index (Phi) is 2.73. The third-order valence-electron chi connectivity index (χ3n) is 2.84. The van der Waals surface area contributed by atoms with Crippen molar-refractivity contribution in [2.24, 2.45) is 0 Å². The zero-order valence-electron chi connectivity index (χ0n) is 8.57. The van der Waals surface area contributed by atoms with Crippen LogP contribution in [0.2, 0.25) is 0 Å². The fourth-order valence-electron chi connectivity index (χ4n) is 2.05. The molecule has 2 rings (SSSR count). The molecule has 0 aromatic heterocycles.